The molecule has 4 aromatic rings. The summed E-state index contributed by atoms with van der Waals surface area (Å²) < 4.78 is 0. The minimum absolute atomic E-state index is 0.178. The molecule has 0 saturated heterocycles. The van der Waals surface area contributed by atoms with Crippen molar-refractivity contribution >= 4 is 28.3 Å². The van der Waals surface area contributed by atoms with Gasteiger partial charge >= 0.3 is 0 Å². The van der Waals surface area contributed by atoms with Gasteiger partial charge in [-0.25, -0.2) is 4.98 Å². The minimum Gasteiger partial charge on any atom is -0.379 e. The van der Waals surface area contributed by atoms with Gasteiger partial charge in [-0.3, -0.25) is 4.79 Å². The van der Waals surface area contributed by atoms with E-state index >= 15 is 0 Å². The number of hydrogen-bond acceptors (Lipinski definition) is 3. The molecule has 5 nitrogen and oxygen atoms in total. The second kappa shape index (κ2) is 7.56. The molecule has 1 aromatic heterocycles. The number of carbonyl (C=O) groups is 1. The number of para-hydroxylation sites is 3. The summed E-state index contributed by atoms with van der Waals surface area (Å²) in [6.07, 6.45) is 0. The third-order valence-electron chi connectivity index (χ3n) is 4.78. The van der Waals surface area contributed by atoms with Gasteiger partial charge in [0.05, 0.1) is 22.5 Å². The Bertz CT molecular complexity index is 1150. The number of hydrogen-bond donors (Lipinski definition) is 3. The van der Waals surface area contributed by atoms with E-state index in [9.17, 15) is 4.79 Å². The molecular weight excluding hydrogens is 348 g/mol. The summed E-state index contributed by atoms with van der Waals surface area (Å²) in [5.41, 5.74) is 6.17. The monoisotopic (exact) mass is 370 g/mol. The summed E-state index contributed by atoms with van der Waals surface area (Å²) in [5.74, 6) is 0.609. The fourth-order valence-corrected chi connectivity index (χ4v) is 3.27. The standard InChI is InChI=1S/C23H22N4O/c1-15-8-3-4-9-17(15)14-24-19-11-5-6-12-20(19)27-23(28)18-10-7-13-21-22(18)26-16(2)25-21/h3-13,24H,14H2,1-2H3,(H,25,26)(H,27,28). The maximum absolute atomic E-state index is 12.9. The van der Waals surface area contributed by atoms with E-state index in [0.717, 1.165) is 22.7 Å². The molecule has 0 atom stereocenters. The van der Waals surface area contributed by atoms with E-state index < -0.39 is 0 Å². The summed E-state index contributed by atoms with van der Waals surface area (Å²) in [6.45, 7) is 4.66. The lowest BCUT2D eigenvalue weighted by atomic mass is 10.1. The quantitative estimate of drug-likeness (QED) is 0.461. The predicted molar refractivity (Wildman–Crippen MR) is 114 cm³/mol. The van der Waals surface area contributed by atoms with Crippen LogP contribution in [0.25, 0.3) is 11.0 Å². The Labute approximate surface area is 163 Å². The van der Waals surface area contributed by atoms with Crippen molar-refractivity contribution in [1.82, 2.24) is 9.97 Å². The molecule has 0 bridgehead atoms. The minimum atomic E-state index is -0.178. The Morgan fingerprint density at radius 1 is 0.929 bits per heavy atom. The Kier molecular flexibility index (Phi) is 4.81. The number of aromatic nitrogens is 2. The lowest BCUT2D eigenvalue weighted by Crippen LogP contribution is -2.14. The first-order chi connectivity index (χ1) is 13.6. The molecule has 5 heteroatoms. The van der Waals surface area contributed by atoms with Gasteiger partial charge in [0.1, 0.15) is 11.3 Å². The third kappa shape index (κ3) is 3.60. The van der Waals surface area contributed by atoms with E-state index in [1.54, 1.807) is 6.07 Å². The Morgan fingerprint density at radius 2 is 1.68 bits per heavy atom. The number of carbonyl (C=O) groups excluding carboxylic acids is 1. The Hall–Kier alpha value is -3.60. The topological polar surface area (TPSA) is 69.8 Å². The SMILES string of the molecule is Cc1nc2c(C(=O)Nc3ccccc3NCc3ccccc3C)cccc2[nH]1. The summed E-state index contributed by atoms with van der Waals surface area (Å²) in [7, 11) is 0. The zero-order valence-corrected chi connectivity index (χ0v) is 15.9. The molecule has 3 N–H and O–H groups in total. The van der Waals surface area contributed by atoms with Gasteiger partial charge in [-0.1, -0.05) is 42.5 Å². The van der Waals surface area contributed by atoms with Crippen molar-refractivity contribution in [1.29, 1.82) is 0 Å². The van der Waals surface area contributed by atoms with Gasteiger partial charge < -0.3 is 15.6 Å². The molecule has 0 aliphatic carbocycles. The first-order valence-electron chi connectivity index (χ1n) is 9.26. The van der Waals surface area contributed by atoms with Crippen LogP contribution in [0.5, 0.6) is 0 Å². The van der Waals surface area contributed by atoms with Gasteiger partial charge in [0, 0.05) is 6.54 Å². The maximum Gasteiger partial charge on any atom is 0.257 e. The van der Waals surface area contributed by atoms with Crippen LogP contribution >= 0.6 is 0 Å². The highest BCUT2D eigenvalue weighted by molar-refractivity contribution is 6.12. The number of nitrogens with zero attached hydrogens (tertiary/aromatic N) is 1. The van der Waals surface area contributed by atoms with Gasteiger partial charge in [-0.05, 0) is 49.2 Å². The first kappa shape index (κ1) is 17.8. The van der Waals surface area contributed by atoms with Crippen LogP contribution in [-0.4, -0.2) is 15.9 Å². The van der Waals surface area contributed by atoms with E-state index in [4.69, 9.17) is 0 Å². The number of rotatable bonds is 5. The van der Waals surface area contributed by atoms with Crippen LogP contribution < -0.4 is 10.6 Å². The second-order valence-electron chi connectivity index (χ2n) is 6.80. The number of amides is 1. The van der Waals surface area contributed by atoms with Gasteiger partial charge in [-0.15, -0.1) is 0 Å². The van der Waals surface area contributed by atoms with Gasteiger partial charge in [0.25, 0.3) is 5.91 Å². The zero-order valence-electron chi connectivity index (χ0n) is 15.9. The maximum atomic E-state index is 12.9. The van der Waals surface area contributed by atoms with Crippen molar-refractivity contribution in [3.05, 3.63) is 89.2 Å². The lowest BCUT2D eigenvalue weighted by Gasteiger charge is -2.14. The highest BCUT2D eigenvalue weighted by Crippen LogP contribution is 2.24. The molecule has 28 heavy (non-hydrogen) atoms. The fraction of sp³-hybridized carbons (Fsp3) is 0.130. The van der Waals surface area contributed by atoms with Crippen molar-refractivity contribution in [3.8, 4) is 0 Å². The molecule has 0 saturated carbocycles. The largest absolute Gasteiger partial charge is 0.379 e. The number of aromatic amines is 1. The van der Waals surface area contributed by atoms with Gasteiger partial charge in [0.15, 0.2) is 0 Å². The van der Waals surface area contributed by atoms with Crippen molar-refractivity contribution in [2.75, 3.05) is 10.6 Å². The molecule has 3 aromatic carbocycles. The van der Waals surface area contributed by atoms with Crippen LogP contribution in [0.1, 0.15) is 27.3 Å². The number of nitrogens with one attached hydrogen (secondary N) is 3. The average Bonchev–Trinajstić information content (AvgIpc) is 3.08. The number of imidazole rings is 1. The predicted octanol–water partition coefficient (Wildman–Crippen LogP) is 5.04. The first-order valence-corrected chi connectivity index (χ1v) is 9.26. The highest BCUT2D eigenvalue weighted by atomic mass is 16.1. The van der Waals surface area contributed by atoms with E-state index in [-0.39, 0.29) is 5.91 Å². The van der Waals surface area contributed by atoms with Crippen molar-refractivity contribution in [2.45, 2.75) is 20.4 Å². The molecule has 140 valence electrons. The van der Waals surface area contributed by atoms with Crippen LogP contribution in [0.2, 0.25) is 0 Å². The van der Waals surface area contributed by atoms with E-state index in [2.05, 4.69) is 39.7 Å². The number of anilines is 2. The number of fused-ring (bicyclic) bond motifs is 1. The van der Waals surface area contributed by atoms with Crippen molar-refractivity contribution < 1.29 is 4.79 Å². The molecule has 0 unspecified atom stereocenters. The summed E-state index contributed by atoms with van der Waals surface area (Å²) in [6, 6.07) is 21.6. The van der Waals surface area contributed by atoms with Crippen LogP contribution in [-0.2, 0) is 6.54 Å². The highest BCUT2D eigenvalue weighted by Gasteiger charge is 2.14. The third-order valence-corrected chi connectivity index (χ3v) is 4.78. The summed E-state index contributed by atoms with van der Waals surface area (Å²) in [4.78, 5) is 20.5. The van der Waals surface area contributed by atoms with Gasteiger partial charge in [0.2, 0.25) is 0 Å². The smallest absolute Gasteiger partial charge is 0.257 e. The molecule has 0 fully saturated rings. The zero-order chi connectivity index (χ0) is 19.5. The van der Waals surface area contributed by atoms with E-state index in [0.29, 0.717) is 17.6 Å². The van der Waals surface area contributed by atoms with Crippen LogP contribution in [0.4, 0.5) is 11.4 Å². The average molecular weight is 370 g/mol. The lowest BCUT2D eigenvalue weighted by molar-refractivity contribution is 0.102. The Morgan fingerprint density at radius 3 is 2.50 bits per heavy atom. The molecular formula is C23H22N4O. The van der Waals surface area contributed by atoms with E-state index in [1.807, 2.05) is 55.5 Å². The Balaban J connectivity index is 1.56. The molecule has 0 aliphatic rings. The number of benzene rings is 3. The van der Waals surface area contributed by atoms with E-state index in [1.165, 1.54) is 11.1 Å². The fourth-order valence-electron chi connectivity index (χ4n) is 3.27. The van der Waals surface area contributed by atoms with Crippen LogP contribution in [0, 0.1) is 13.8 Å². The van der Waals surface area contributed by atoms with Crippen molar-refractivity contribution in [2.24, 2.45) is 0 Å². The molecule has 4 rings (SSSR count). The summed E-state index contributed by atoms with van der Waals surface area (Å²) in [5, 5.41) is 6.46. The summed E-state index contributed by atoms with van der Waals surface area (Å²) >= 11 is 0. The number of H-pyrrole nitrogens is 1. The van der Waals surface area contributed by atoms with Crippen LogP contribution in [0.15, 0.2) is 66.7 Å². The second-order valence-corrected chi connectivity index (χ2v) is 6.80. The van der Waals surface area contributed by atoms with Crippen molar-refractivity contribution in [3.63, 3.8) is 0 Å². The molecule has 1 heterocycles. The normalized spacial score (nSPS) is 10.8. The van der Waals surface area contributed by atoms with Gasteiger partial charge in [-0.2, -0.15) is 0 Å². The number of aryl methyl sites for hydroxylation is 2. The molecule has 0 aliphatic heterocycles. The van der Waals surface area contributed by atoms with Crippen LogP contribution in [0.3, 0.4) is 0 Å². The molecule has 0 radical (unpaired) electrons. The molecule has 0 spiro atoms. The molecule has 1 amide bonds.